The SMILES string of the molecule is CN(C)c1c(F)cc(NC(=O)CCCN2C(=O)NC3(CCCC3)C2=O)cc1F. The zero-order valence-electron chi connectivity index (χ0n) is 16.0. The molecule has 9 heteroatoms. The van der Waals surface area contributed by atoms with Crippen LogP contribution in [-0.4, -0.2) is 48.9 Å². The first-order chi connectivity index (χ1) is 13.2. The van der Waals surface area contributed by atoms with Gasteiger partial charge in [-0.15, -0.1) is 0 Å². The topological polar surface area (TPSA) is 81.8 Å². The summed E-state index contributed by atoms with van der Waals surface area (Å²) in [5.41, 5.74) is -0.925. The molecule has 0 atom stereocenters. The van der Waals surface area contributed by atoms with Crippen LogP contribution in [0.3, 0.4) is 0 Å². The van der Waals surface area contributed by atoms with Gasteiger partial charge >= 0.3 is 6.03 Å². The first kappa shape index (κ1) is 20.0. The molecule has 1 aromatic carbocycles. The van der Waals surface area contributed by atoms with Gasteiger partial charge in [-0.05, 0) is 31.4 Å². The lowest BCUT2D eigenvalue weighted by atomic mass is 9.98. The summed E-state index contributed by atoms with van der Waals surface area (Å²) < 4.78 is 28.0. The summed E-state index contributed by atoms with van der Waals surface area (Å²) in [4.78, 5) is 39.1. The van der Waals surface area contributed by atoms with Crippen molar-refractivity contribution in [2.24, 2.45) is 0 Å². The quantitative estimate of drug-likeness (QED) is 0.727. The van der Waals surface area contributed by atoms with Crippen LogP contribution in [0.15, 0.2) is 12.1 Å². The van der Waals surface area contributed by atoms with Gasteiger partial charge in [-0.2, -0.15) is 0 Å². The normalized spacial score (nSPS) is 17.9. The number of carbonyl (C=O) groups is 3. The van der Waals surface area contributed by atoms with E-state index in [9.17, 15) is 23.2 Å². The fraction of sp³-hybridized carbons (Fsp3) is 0.526. The summed E-state index contributed by atoms with van der Waals surface area (Å²) in [5.74, 6) is -2.22. The second kappa shape index (κ2) is 7.73. The molecule has 2 aliphatic rings. The van der Waals surface area contributed by atoms with Crippen LogP contribution in [0.2, 0.25) is 0 Å². The van der Waals surface area contributed by atoms with Gasteiger partial charge in [-0.1, -0.05) is 12.8 Å². The molecule has 1 spiro atoms. The van der Waals surface area contributed by atoms with Crippen molar-refractivity contribution in [2.75, 3.05) is 30.9 Å². The summed E-state index contributed by atoms with van der Waals surface area (Å²) >= 11 is 0. The third-order valence-electron chi connectivity index (χ3n) is 5.24. The van der Waals surface area contributed by atoms with Gasteiger partial charge in [-0.25, -0.2) is 13.6 Å². The maximum Gasteiger partial charge on any atom is 0.325 e. The zero-order chi connectivity index (χ0) is 20.5. The van der Waals surface area contributed by atoms with E-state index in [0.717, 1.165) is 29.9 Å². The van der Waals surface area contributed by atoms with Crippen LogP contribution >= 0.6 is 0 Å². The highest BCUT2D eigenvalue weighted by Gasteiger charge is 2.52. The lowest BCUT2D eigenvalue weighted by Gasteiger charge is -2.20. The minimum absolute atomic E-state index is 0.0166. The largest absolute Gasteiger partial charge is 0.373 e. The van der Waals surface area contributed by atoms with Gasteiger partial charge in [0, 0.05) is 32.7 Å². The Hall–Kier alpha value is -2.71. The van der Waals surface area contributed by atoms with E-state index < -0.39 is 29.1 Å². The molecule has 7 nitrogen and oxygen atoms in total. The monoisotopic (exact) mass is 394 g/mol. The summed E-state index contributed by atoms with van der Waals surface area (Å²) in [5, 5.41) is 5.23. The molecular weight excluding hydrogens is 370 g/mol. The van der Waals surface area contributed by atoms with Gasteiger partial charge in [0.15, 0.2) is 11.6 Å². The summed E-state index contributed by atoms with van der Waals surface area (Å²) in [6, 6.07) is 1.69. The van der Waals surface area contributed by atoms with E-state index in [2.05, 4.69) is 10.6 Å². The van der Waals surface area contributed by atoms with Crippen LogP contribution in [0.1, 0.15) is 38.5 Å². The molecule has 1 saturated carbocycles. The Kier molecular flexibility index (Phi) is 5.53. The molecule has 152 valence electrons. The van der Waals surface area contributed by atoms with E-state index in [0.29, 0.717) is 12.8 Å². The lowest BCUT2D eigenvalue weighted by molar-refractivity contribution is -0.131. The Morgan fingerprint density at radius 2 is 1.82 bits per heavy atom. The van der Waals surface area contributed by atoms with Gasteiger partial charge < -0.3 is 15.5 Å². The molecule has 0 radical (unpaired) electrons. The smallest absolute Gasteiger partial charge is 0.325 e. The van der Waals surface area contributed by atoms with Crippen molar-refractivity contribution in [3.63, 3.8) is 0 Å². The third-order valence-corrected chi connectivity index (χ3v) is 5.24. The molecule has 4 amide bonds. The Balaban J connectivity index is 1.53. The van der Waals surface area contributed by atoms with Crippen LogP contribution < -0.4 is 15.5 Å². The predicted molar refractivity (Wildman–Crippen MR) is 100.0 cm³/mol. The lowest BCUT2D eigenvalue weighted by Crippen LogP contribution is -2.44. The van der Waals surface area contributed by atoms with Gasteiger partial charge in [-0.3, -0.25) is 14.5 Å². The number of nitrogens with one attached hydrogen (secondary N) is 2. The van der Waals surface area contributed by atoms with Crippen molar-refractivity contribution in [1.82, 2.24) is 10.2 Å². The average molecular weight is 394 g/mol. The highest BCUT2D eigenvalue weighted by molar-refractivity contribution is 6.07. The fourth-order valence-electron chi connectivity index (χ4n) is 3.88. The average Bonchev–Trinajstić information content (AvgIpc) is 3.14. The molecule has 2 fully saturated rings. The Bertz CT molecular complexity index is 783. The predicted octanol–water partition coefficient (Wildman–Crippen LogP) is 2.61. The van der Waals surface area contributed by atoms with Crippen molar-refractivity contribution >= 4 is 29.2 Å². The first-order valence-corrected chi connectivity index (χ1v) is 9.34. The van der Waals surface area contributed by atoms with Crippen LogP contribution in [-0.2, 0) is 9.59 Å². The van der Waals surface area contributed by atoms with E-state index in [-0.39, 0.29) is 36.7 Å². The van der Waals surface area contributed by atoms with Gasteiger partial charge in [0.2, 0.25) is 5.91 Å². The molecule has 0 unspecified atom stereocenters. The fourth-order valence-corrected chi connectivity index (χ4v) is 3.88. The molecule has 0 bridgehead atoms. The number of urea groups is 1. The molecular formula is C19H24F2N4O3. The number of carbonyl (C=O) groups excluding carboxylic acids is 3. The number of hydrogen-bond acceptors (Lipinski definition) is 4. The minimum Gasteiger partial charge on any atom is -0.373 e. The molecule has 1 heterocycles. The summed E-state index contributed by atoms with van der Waals surface area (Å²) in [6.07, 6.45) is 3.39. The molecule has 1 aliphatic heterocycles. The van der Waals surface area contributed by atoms with Crippen molar-refractivity contribution in [1.29, 1.82) is 0 Å². The van der Waals surface area contributed by atoms with Crippen molar-refractivity contribution in [2.45, 2.75) is 44.1 Å². The highest BCUT2D eigenvalue weighted by atomic mass is 19.1. The highest BCUT2D eigenvalue weighted by Crippen LogP contribution is 2.35. The Labute approximate surface area is 162 Å². The van der Waals surface area contributed by atoms with Crippen LogP contribution in [0, 0.1) is 11.6 Å². The maximum absolute atomic E-state index is 14.0. The molecule has 28 heavy (non-hydrogen) atoms. The minimum atomic E-state index is -0.776. The Morgan fingerprint density at radius 1 is 1.21 bits per heavy atom. The van der Waals surface area contributed by atoms with Crippen LogP contribution in [0.5, 0.6) is 0 Å². The van der Waals surface area contributed by atoms with E-state index in [1.807, 2.05) is 0 Å². The number of hydrogen-bond donors (Lipinski definition) is 2. The van der Waals surface area contributed by atoms with Gasteiger partial charge in [0.05, 0.1) is 0 Å². The molecule has 2 N–H and O–H groups in total. The second-order valence-electron chi connectivity index (χ2n) is 7.51. The maximum atomic E-state index is 14.0. The second-order valence-corrected chi connectivity index (χ2v) is 7.51. The number of amides is 4. The van der Waals surface area contributed by atoms with E-state index in [1.54, 1.807) is 0 Å². The number of imide groups is 1. The summed E-state index contributed by atoms with van der Waals surface area (Å²) in [6.45, 7) is 0.127. The molecule has 3 rings (SSSR count). The van der Waals surface area contributed by atoms with Gasteiger partial charge in [0.25, 0.3) is 5.91 Å². The van der Waals surface area contributed by atoms with Crippen molar-refractivity contribution in [3.8, 4) is 0 Å². The number of benzene rings is 1. The standard InChI is InChI=1S/C19H24F2N4O3/c1-24(2)16-13(20)10-12(11-14(16)21)22-15(26)6-5-9-25-17(27)19(23-18(25)28)7-3-4-8-19/h10-11H,3-9H2,1-2H3,(H,22,26)(H,23,28). The molecule has 1 aromatic rings. The van der Waals surface area contributed by atoms with Crippen molar-refractivity contribution in [3.05, 3.63) is 23.8 Å². The number of nitrogens with zero attached hydrogens (tertiary/aromatic N) is 2. The number of halogens is 2. The van der Waals surface area contributed by atoms with Gasteiger partial charge in [0.1, 0.15) is 11.2 Å². The number of anilines is 2. The van der Waals surface area contributed by atoms with E-state index in [4.69, 9.17) is 0 Å². The molecule has 0 aromatic heterocycles. The molecule has 1 aliphatic carbocycles. The first-order valence-electron chi connectivity index (χ1n) is 9.34. The third kappa shape index (κ3) is 3.79. The van der Waals surface area contributed by atoms with Crippen LogP contribution in [0.4, 0.5) is 25.0 Å². The van der Waals surface area contributed by atoms with Crippen LogP contribution in [0.25, 0.3) is 0 Å². The Morgan fingerprint density at radius 3 is 2.39 bits per heavy atom. The van der Waals surface area contributed by atoms with E-state index in [1.165, 1.54) is 19.0 Å². The molecule has 1 saturated heterocycles. The van der Waals surface area contributed by atoms with E-state index >= 15 is 0 Å². The van der Waals surface area contributed by atoms with Crippen molar-refractivity contribution < 1.29 is 23.2 Å². The summed E-state index contributed by atoms with van der Waals surface area (Å²) in [7, 11) is 3.04. The number of rotatable bonds is 6. The zero-order valence-corrected chi connectivity index (χ0v) is 16.0.